The van der Waals surface area contributed by atoms with E-state index in [-0.39, 0.29) is 5.70 Å². The normalized spacial score (nSPS) is 11.0. The minimum absolute atomic E-state index is 0.0235. The fraction of sp³-hybridized carbons (Fsp3) is 0.286. The van der Waals surface area contributed by atoms with Crippen molar-refractivity contribution < 1.29 is 19.1 Å². The van der Waals surface area contributed by atoms with Crippen molar-refractivity contribution in [3.8, 4) is 0 Å². The van der Waals surface area contributed by atoms with Crippen LogP contribution in [0.5, 0.6) is 0 Å². The molecule has 0 radical (unpaired) electrons. The number of rotatable bonds is 6. The molecular formula is C14H16ClNO4S. The van der Waals surface area contributed by atoms with Crippen LogP contribution in [0.4, 0.5) is 5.69 Å². The number of halogens is 1. The molecule has 0 saturated carbocycles. The first-order valence-electron chi connectivity index (χ1n) is 6.09. The highest BCUT2D eigenvalue weighted by molar-refractivity contribution is 7.99. The van der Waals surface area contributed by atoms with E-state index < -0.39 is 11.9 Å². The maximum Gasteiger partial charge on any atom is 0.354 e. The molecule has 0 fully saturated rings. The molecule has 0 spiro atoms. The lowest BCUT2D eigenvalue weighted by Gasteiger charge is -2.13. The molecule has 114 valence electrons. The molecule has 1 aromatic rings. The van der Waals surface area contributed by atoms with Crippen LogP contribution in [0.2, 0.25) is 5.02 Å². The van der Waals surface area contributed by atoms with E-state index in [9.17, 15) is 9.59 Å². The number of hydrogen-bond acceptors (Lipinski definition) is 6. The number of esters is 2. The molecule has 0 aromatic heterocycles. The van der Waals surface area contributed by atoms with Crippen LogP contribution < -0.4 is 5.32 Å². The van der Waals surface area contributed by atoms with E-state index >= 15 is 0 Å². The van der Waals surface area contributed by atoms with Crippen LogP contribution in [-0.4, -0.2) is 31.9 Å². The van der Waals surface area contributed by atoms with Gasteiger partial charge in [-0.15, -0.1) is 11.8 Å². The van der Waals surface area contributed by atoms with Gasteiger partial charge in [0.1, 0.15) is 5.70 Å². The largest absolute Gasteiger partial charge is 0.466 e. The Hall–Kier alpha value is -1.66. The highest BCUT2D eigenvalue weighted by Gasteiger charge is 2.15. The van der Waals surface area contributed by atoms with E-state index in [1.165, 1.54) is 14.2 Å². The SMILES string of the molecule is CCSc1ccc(Cl)cc1N/C(=C/C(=O)OC)C(=O)OC. The fourth-order valence-corrected chi connectivity index (χ4v) is 2.37. The van der Waals surface area contributed by atoms with Crippen LogP contribution in [0.15, 0.2) is 34.9 Å². The molecule has 0 atom stereocenters. The fourth-order valence-electron chi connectivity index (χ4n) is 1.46. The first-order chi connectivity index (χ1) is 10.0. The number of benzene rings is 1. The number of hydrogen-bond donors (Lipinski definition) is 1. The van der Waals surface area contributed by atoms with Crippen LogP contribution in [-0.2, 0) is 19.1 Å². The molecule has 0 aliphatic carbocycles. The van der Waals surface area contributed by atoms with Gasteiger partial charge in [0, 0.05) is 9.92 Å². The van der Waals surface area contributed by atoms with Gasteiger partial charge in [0.05, 0.1) is 26.0 Å². The molecule has 0 amide bonds. The summed E-state index contributed by atoms with van der Waals surface area (Å²) in [5.41, 5.74) is 0.597. The minimum atomic E-state index is -0.673. The highest BCUT2D eigenvalue weighted by Crippen LogP contribution is 2.30. The molecular weight excluding hydrogens is 314 g/mol. The van der Waals surface area contributed by atoms with Gasteiger partial charge < -0.3 is 14.8 Å². The first-order valence-corrected chi connectivity index (χ1v) is 7.45. The molecule has 1 aromatic carbocycles. The zero-order chi connectivity index (χ0) is 15.8. The van der Waals surface area contributed by atoms with Crippen molar-refractivity contribution in [2.24, 2.45) is 0 Å². The molecule has 0 unspecified atom stereocenters. The van der Waals surface area contributed by atoms with Gasteiger partial charge in [0.15, 0.2) is 0 Å². The molecule has 0 aliphatic rings. The van der Waals surface area contributed by atoms with Gasteiger partial charge in [0.25, 0.3) is 0 Å². The lowest BCUT2D eigenvalue weighted by Crippen LogP contribution is -2.15. The minimum Gasteiger partial charge on any atom is -0.466 e. The van der Waals surface area contributed by atoms with Crippen molar-refractivity contribution in [1.29, 1.82) is 0 Å². The smallest absolute Gasteiger partial charge is 0.354 e. The van der Waals surface area contributed by atoms with Crippen LogP contribution in [0.1, 0.15) is 6.92 Å². The Kier molecular flexibility index (Phi) is 7.11. The van der Waals surface area contributed by atoms with Crippen LogP contribution >= 0.6 is 23.4 Å². The summed E-state index contributed by atoms with van der Waals surface area (Å²) in [6, 6.07) is 5.27. The Bertz CT molecular complexity index is 560. The third kappa shape index (κ3) is 5.32. The van der Waals surface area contributed by atoms with E-state index in [1.807, 2.05) is 13.0 Å². The average molecular weight is 330 g/mol. The van der Waals surface area contributed by atoms with Gasteiger partial charge in [-0.2, -0.15) is 0 Å². The number of methoxy groups -OCH3 is 2. The van der Waals surface area contributed by atoms with Gasteiger partial charge in [-0.3, -0.25) is 0 Å². The lowest BCUT2D eigenvalue weighted by molar-refractivity contribution is -0.138. The Balaban J connectivity index is 3.13. The van der Waals surface area contributed by atoms with Crippen molar-refractivity contribution in [3.05, 3.63) is 35.0 Å². The second kappa shape index (κ2) is 8.59. The quantitative estimate of drug-likeness (QED) is 0.491. The molecule has 7 heteroatoms. The summed E-state index contributed by atoms with van der Waals surface area (Å²) in [4.78, 5) is 24.0. The van der Waals surface area contributed by atoms with E-state index in [0.717, 1.165) is 16.7 Å². The topological polar surface area (TPSA) is 64.6 Å². The monoisotopic (exact) mass is 329 g/mol. The zero-order valence-corrected chi connectivity index (χ0v) is 13.5. The molecule has 21 heavy (non-hydrogen) atoms. The number of ether oxygens (including phenoxy) is 2. The number of nitrogens with one attached hydrogen (secondary N) is 1. The number of thioether (sulfide) groups is 1. The summed E-state index contributed by atoms with van der Waals surface area (Å²) in [6.07, 6.45) is 1.03. The van der Waals surface area contributed by atoms with Gasteiger partial charge in [-0.25, -0.2) is 9.59 Å². The van der Waals surface area contributed by atoms with Gasteiger partial charge in [-0.1, -0.05) is 18.5 Å². The number of anilines is 1. The maximum absolute atomic E-state index is 11.7. The van der Waals surface area contributed by atoms with Crippen LogP contribution in [0, 0.1) is 0 Å². The molecule has 5 nitrogen and oxygen atoms in total. The van der Waals surface area contributed by atoms with Crippen LogP contribution in [0.3, 0.4) is 0 Å². The summed E-state index contributed by atoms with van der Waals surface area (Å²) >= 11 is 7.55. The zero-order valence-electron chi connectivity index (χ0n) is 11.9. The molecule has 0 aliphatic heterocycles. The summed E-state index contributed by atoms with van der Waals surface area (Å²) in [5, 5.41) is 3.38. The Morgan fingerprint density at radius 2 is 2.05 bits per heavy atom. The maximum atomic E-state index is 11.7. The molecule has 1 rings (SSSR count). The Labute approximate surface area is 132 Å². The second-order valence-corrected chi connectivity index (χ2v) is 5.51. The molecule has 0 heterocycles. The standard InChI is InChI=1S/C14H16ClNO4S/c1-4-21-12-6-5-9(15)7-10(12)16-11(14(18)20-3)8-13(17)19-2/h5-8,16H,4H2,1-3H3/b11-8+. The lowest BCUT2D eigenvalue weighted by atomic mass is 10.3. The van der Waals surface area contributed by atoms with E-state index in [4.69, 9.17) is 11.6 Å². The van der Waals surface area contributed by atoms with E-state index in [0.29, 0.717) is 10.7 Å². The van der Waals surface area contributed by atoms with E-state index in [1.54, 1.807) is 23.9 Å². The Morgan fingerprint density at radius 3 is 2.62 bits per heavy atom. The van der Waals surface area contributed by atoms with Crippen LogP contribution in [0.25, 0.3) is 0 Å². The first kappa shape index (κ1) is 17.4. The summed E-state index contributed by atoms with van der Waals surface area (Å²) in [6.45, 7) is 2.01. The van der Waals surface area contributed by atoms with Crippen molar-refractivity contribution in [2.45, 2.75) is 11.8 Å². The molecule has 1 N–H and O–H groups in total. The van der Waals surface area contributed by atoms with E-state index in [2.05, 4.69) is 14.8 Å². The van der Waals surface area contributed by atoms with Gasteiger partial charge in [0.2, 0.25) is 0 Å². The van der Waals surface area contributed by atoms with Crippen molar-refractivity contribution >= 4 is 41.0 Å². The summed E-state index contributed by atoms with van der Waals surface area (Å²) in [7, 11) is 2.46. The number of carbonyl (C=O) groups excluding carboxylic acids is 2. The van der Waals surface area contributed by atoms with Gasteiger partial charge >= 0.3 is 11.9 Å². The summed E-state index contributed by atoms with van der Waals surface area (Å²) in [5.74, 6) is -0.479. The predicted molar refractivity (Wildman–Crippen MR) is 83.6 cm³/mol. The summed E-state index contributed by atoms with van der Waals surface area (Å²) < 4.78 is 9.16. The highest BCUT2D eigenvalue weighted by atomic mass is 35.5. The predicted octanol–water partition coefficient (Wildman–Crippen LogP) is 3.09. The van der Waals surface area contributed by atoms with Crippen molar-refractivity contribution in [2.75, 3.05) is 25.3 Å². The van der Waals surface area contributed by atoms with Crippen molar-refractivity contribution in [3.63, 3.8) is 0 Å². The van der Waals surface area contributed by atoms with Crippen molar-refractivity contribution in [1.82, 2.24) is 0 Å². The van der Waals surface area contributed by atoms with Gasteiger partial charge in [-0.05, 0) is 24.0 Å². The third-order valence-electron chi connectivity index (χ3n) is 2.38. The third-order valence-corrected chi connectivity index (χ3v) is 3.57. The number of carbonyl (C=O) groups is 2. The molecule has 0 bridgehead atoms. The molecule has 0 saturated heterocycles. The average Bonchev–Trinajstić information content (AvgIpc) is 2.48. The Morgan fingerprint density at radius 1 is 1.33 bits per heavy atom. The second-order valence-electron chi connectivity index (χ2n) is 3.77.